The van der Waals surface area contributed by atoms with Crippen LogP contribution in [0.2, 0.25) is 0 Å². The zero-order valence-corrected chi connectivity index (χ0v) is 19.4. The van der Waals surface area contributed by atoms with Crippen LogP contribution >= 0.6 is 0 Å². The van der Waals surface area contributed by atoms with Crippen molar-refractivity contribution in [2.75, 3.05) is 0 Å². The lowest BCUT2D eigenvalue weighted by Crippen LogP contribution is -2.52. The number of benzene rings is 1. The summed E-state index contributed by atoms with van der Waals surface area (Å²) in [6.45, 7) is 8.19. The number of hydrogen-bond donors (Lipinski definition) is 2. The average Bonchev–Trinajstić information content (AvgIpc) is 3.09. The maximum atomic E-state index is 10.6. The summed E-state index contributed by atoms with van der Waals surface area (Å²) in [7, 11) is 0. The SMILES string of the molecule is CC(NCc1ccccc1)[C@H]1CC[C@H]2[C@@H]3CC[C@@H]4C[C@](C)(O)CC[C@@H]4[C@H]3CC[C@]12C. The van der Waals surface area contributed by atoms with E-state index in [1.54, 1.807) is 0 Å². The summed E-state index contributed by atoms with van der Waals surface area (Å²) in [5, 5.41) is 14.5. The van der Waals surface area contributed by atoms with Gasteiger partial charge in [0.15, 0.2) is 0 Å². The van der Waals surface area contributed by atoms with Gasteiger partial charge in [0.1, 0.15) is 0 Å². The zero-order valence-electron chi connectivity index (χ0n) is 19.4. The smallest absolute Gasteiger partial charge is 0.0622 e. The van der Waals surface area contributed by atoms with Crippen LogP contribution in [0.25, 0.3) is 0 Å². The summed E-state index contributed by atoms with van der Waals surface area (Å²) in [5.74, 6) is 5.36. The van der Waals surface area contributed by atoms with Crippen LogP contribution in [-0.4, -0.2) is 16.7 Å². The molecule has 1 unspecified atom stereocenters. The quantitative estimate of drug-likeness (QED) is 0.622. The van der Waals surface area contributed by atoms with Gasteiger partial charge in [-0.05, 0) is 118 Å². The number of fused-ring (bicyclic) bond motifs is 5. The van der Waals surface area contributed by atoms with E-state index in [4.69, 9.17) is 0 Å². The molecule has 4 saturated carbocycles. The van der Waals surface area contributed by atoms with Crippen molar-refractivity contribution in [3.05, 3.63) is 35.9 Å². The van der Waals surface area contributed by atoms with Gasteiger partial charge in [0.25, 0.3) is 0 Å². The van der Waals surface area contributed by atoms with Crippen molar-refractivity contribution in [3.63, 3.8) is 0 Å². The minimum absolute atomic E-state index is 0.393. The van der Waals surface area contributed by atoms with E-state index in [0.29, 0.717) is 11.5 Å². The molecular weight excluding hydrogens is 366 g/mol. The molecule has 2 N–H and O–H groups in total. The van der Waals surface area contributed by atoms with Crippen LogP contribution in [0.3, 0.4) is 0 Å². The Kier molecular flexibility index (Phi) is 5.55. The molecule has 2 nitrogen and oxygen atoms in total. The van der Waals surface area contributed by atoms with Gasteiger partial charge in [-0.15, -0.1) is 0 Å². The van der Waals surface area contributed by atoms with Crippen molar-refractivity contribution in [3.8, 4) is 0 Å². The number of rotatable bonds is 4. The van der Waals surface area contributed by atoms with E-state index in [9.17, 15) is 5.11 Å². The summed E-state index contributed by atoms with van der Waals surface area (Å²) >= 11 is 0. The molecule has 0 spiro atoms. The lowest BCUT2D eigenvalue weighted by molar-refractivity contribution is -0.101. The van der Waals surface area contributed by atoms with E-state index in [0.717, 1.165) is 54.9 Å². The van der Waals surface area contributed by atoms with Crippen molar-refractivity contribution in [1.82, 2.24) is 5.32 Å². The van der Waals surface area contributed by atoms with E-state index < -0.39 is 5.60 Å². The summed E-state index contributed by atoms with van der Waals surface area (Å²) in [6.07, 6.45) is 11.9. The topological polar surface area (TPSA) is 32.3 Å². The van der Waals surface area contributed by atoms with Gasteiger partial charge in [-0.3, -0.25) is 0 Å². The third-order valence-corrected chi connectivity index (χ3v) is 10.4. The minimum atomic E-state index is -0.393. The largest absolute Gasteiger partial charge is 0.390 e. The molecule has 1 aromatic rings. The highest BCUT2D eigenvalue weighted by Crippen LogP contribution is 2.65. The molecule has 0 amide bonds. The van der Waals surface area contributed by atoms with Gasteiger partial charge in [0.05, 0.1) is 5.60 Å². The van der Waals surface area contributed by atoms with E-state index in [-0.39, 0.29) is 0 Å². The molecule has 30 heavy (non-hydrogen) atoms. The molecule has 0 bridgehead atoms. The highest BCUT2D eigenvalue weighted by molar-refractivity contribution is 5.15. The third-order valence-electron chi connectivity index (χ3n) is 10.4. The molecule has 1 aromatic carbocycles. The first-order chi connectivity index (χ1) is 14.4. The van der Waals surface area contributed by atoms with Gasteiger partial charge in [0.2, 0.25) is 0 Å². The summed E-state index contributed by atoms with van der Waals surface area (Å²) in [5.41, 5.74) is 1.53. The van der Waals surface area contributed by atoms with Crippen molar-refractivity contribution >= 4 is 0 Å². The Morgan fingerprint density at radius 1 is 0.933 bits per heavy atom. The second-order valence-electron chi connectivity index (χ2n) is 12.1. The first-order valence-electron chi connectivity index (χ1n) is 12.9. The number of hydrogen-bond acceptors (Lipinski definition) is 2. The Morgan fingerprint density at radius 3 is 2.50 bits per heavy atom. The van der Waals surface area contributed by atoms with Crippen LogP contribution in [0.4, 0.5) is 0 Å². The summed E-state index contributed by atoms with van der Waals surface area (Å²) < 4.78 is 0. The van der Waals surface area contributed by atoms with E-state index in [1.807, 2.05) is 0 Å². The van der Waals surface area contributed by atoms with Gasteiger partial charge in [0, 0.05) is 12.6 Å². The minimum Gasteiger partial charge on any atom is -0.390 e. The Balaban J connectivity index is 1.26. The molecule has 166 valence electrons. The van der Waals surface area contributed by atoms with Gasteiger partial charge in [-0.1, -0.05) is 37.3 Å². The third kappa shape index (κ3) is 3.66. The molecule has 5 rings (SSSR count). The highest BCUT2D eigenvalue weighted by atomic mass is 16.3. The lowest BCUT2D eigenvalue weighted by Gasteiger charge is -2.57. The molecule has 4 fully saturated rings. The van der Waals surface area contributed by atoms with Gasteiger partial charge < -0.3 is 10.4 Å². The molecule has 4 aliphatic rings. The Labute approximate surface area is 184 Å². The van der Waals surface area contributed by atoms with E-state index >= 15 is 0 Å². The number of nitrogens with one attached hydrogen (secondary N) is 1. The second kappa shape index (κ2) is 7.93. The fraction of sp³-hybridized carbons (Fsp3) is 0.786. The van der Waals surface area contributed by atoms with Gasteiger partial charge in [-0.2, -0.15) is 0 Å². The second-order valence-corrected chi connectivity index (χ2v) is 12.1. The Morgan fingerprint density at radius 2 is 1.70 bits per heavy atom. The van der Waals surface area contributed by atoms with Crippen molar-refractivity contribution in [2.24, 2.45) is 40.9 Å². The normalized spacial score (nSPS) is 46.5. The van der Waals surface area contributed by atoms with E-state index in [2.05, 4.69) is 56.4 Å². The zero-order chi connectivity index (χ0) is 20.9. The highest BCUT2D eigenvalue weighted by Gasteiger charge is 2.58. The summed E-state index contributed by atoms with van der Waals surface area (Å²) in [6, 6.07) is 11.5. The first-order valence-corrected chi connectivity index (χ1v) is 12.9. The van der Waals surface area contributed by atoms with Gasteiger partial charge >= 0.3 is 0 Å². The average molecular weight is 410 g/mol. The maximum Gasteiger partial charge on any atom is 0.0622 e. The van der Waals surface area contributed by atoms with Crippen LogP contribution in [0.5, 0.6) is 0 Å². The molecule has 0 saturated heterocycles. The molecule has 0 aromatic heterocycles. The van der Waals surface area contributed by atoms with Crippen LogP contribution in [0, 0.1) is 40.9 Å². The first kappa shape index (κ1) is 21.0. The standard InChI is InChI=1S/C28H43NO/c1-19(29-18-20-7-5-4-6-8-20)25-11-12-26-24-10-9-21-17-27(2,30)15-13-22(21)23(24)14-16-28(25,26)3/h4-8,19,21-26,29-30H,9-18H2,1-3H3/t19?,21-,22+,23-,24-,25-,26+,27-,28-/m1/s1. The van der Waals surface area contributed by atoms with Gasteiger partial charge in [-0.25, -0.2) is 0 Å². The molecule has 0 aliphatic heterocycles. The molecule has 9 atom stereocenters. The van der Waals surface area contributed by atoms with Crippen LogP contribution in [0.15, 0.2) is 30.3 Å². The summed E-state index contributed by atoms with van der Waals surface area (Å²) in [4.78, 5) is 0. The Bertz CT molecular complexity index is 729. The molecule has 4 aliphatic carbocycles. The predicted octanol–water partition coefficient (Wildman–Crippen LogP) is 6.18. The van der Waals surface area contributed by atoms with E-state index in [1.165, 1.54) is 50.5 Å². The Hall–Kier alpha value is -0.860. The molecule has 2 heteroatoms. The number of aliphatic hydroxyl groups is 1. The van der Waals surface area contributed by atoms with Crippen LogP contribution < -0.4 is 5.32 Å². The maximum absolute atomic E-state index is 10.6. The van der Waals surface area contributed by atoms with Crippen LogP contribution in [-0.2, 0) is 6.54 Å². The van der Waals surface area contributed by atoms with Crippen molar-refractivity contribution in [1.29, 1.82) is 0 Å². The fourth-order valence-corrected chi connectivity index (χ4v) is 8.96. The monoisotopic (exact) mass is 409 g/mol. The lowest BCUT2D eigenvalue weighted by atomic mass is 9.49. The molecule has 0 heterocycles. The van der Waals surface area contributed by atoms with Crippen LogP contribution in [0.1, 0.15) is 84.1 Å². The van der Waals surface area contributed by atoms with Crippen molar-refractivity contribution < 1.29 is 5.11 Å². The fourth-order valence-electron chi connectivity index (χ4n) is 8.96. The predicted molar refractivity (Wildman–Crippen MR) is 124 cm³/mol. The molecular formula is C28H43NO. The molecule has 0 radical (unpaired) electrons. The van der Waals surface area contributed by atoms with Crippen molar-refractivity contribution in [2.45, 2.75) is 96.7 Å².